The van der Waals surface area contributed by atoms with Gasteiger partial charge in [-0.3, -0.25) is 9.59 Å². The van der Waals surface area contributed by atoms with Crippen molar-refractivity contribution < 1.29 is 23.1 Å². The third kappa shape index (κ3) is 3.80. The fraction of sp³-hybridized carbons (Fsp3) is 0.778. The van der Waals surface area contributed by atoms with Gasteiger partial charge in [-0.25, -0.2) is 8.42 Å². The highest BCUT2D eigenvalue weighted by Crippen LogP contribution is 2.25. The van der Waals surface area contributed by atoms with Crippen LogP contribution in [0.2, 0.25) is 0 Å². The summed E-state index contributed by atoms with van der Waals surface area (Å²) in [5.74, 6) is -2.75. The summed E-state index contributed by atoms with van der Waals surface area (Å²) in [6.45, 7) is 0. The van der Waals surface area contributed by atoms with Gasteiger partial charge in [0.15, 0.2) is 9.84 Å². The van der Waals surface area contributed by atoms with Crippen LogP contribution in [-0.4, -0.2) is 43.5 Å². The van der Waals surface area contributed by atoms with Gasteiger partial charge < -0.3 is 10.4 Å². The van der Waals surface area contributed by atoms with Crippen LogP contribution in [0.1, 0.15) is 19.3 Å². The second-order valence-corrected chi connectivity index (χ2v) is 6.26. The SMILES string of the molecule is CS(=O)(=O)CC(=O)NC1CCCC1C(=O)O. The highest BCUT2D eigenvalue weighted by molar-refractivity contribution is 7.91. The van der Waals surface area contributed by atoms with Crippen LogP contribution in [0, 0.1) is 5.92 Å². The van der Waals surface area contributed by atoms with Crippen LogP contribution in [-0.2, 0) is 19.4 Å². The zero-order valence-electron chi connectivity index (χ0n) is 8.97. The summed E-state index contributed by atoms with van der Waals surface area (Å²) >= 11 is 0. The van der Waals surface area contributed by atoms with Gasteiger partial charge in [-0.05, 0) is 12.8 Å². The summed E-state index contributed by atoms with van der Waals surface area (Å²) in [7, 11) is -3.36. The third-order valence-electron chi connectivity index (χ3n) is 2.57. The van der Waals surface area contributed by atoms with Gasteiger partial charge in [0.25, 0.3) is 0 Å². The number of nitrogens with one attached hydrogen (secondary N) is 1. The number of sulfone groups is 1. The molecule has 16 heavy (non-hydrogen) atoms. The first kappa shape index (κ1) is 13.0. The van der Waals surface area contributed by atoms with E-state index < -0.39 is 39.4 Å². The predicted octanol–water partition coefficient (Wildman–Crippen LogP) is -0.599. The first-order valence-electron chi connectivity index (χ1n) is 4.99. The van der Waals surface area contributed by atoms with E-state index in [4.69, 9.17) is 5.11 Å². The molecule has 2 atom stereocenters. The van der Waals surface area contributed by atoms with E-state index in [0.29, 0.717) is 12.8 Å². The molecular formula is C9H15NO5S. The third-order valence-corrected chi connectivity index (χ3v) is 3.36. The van der Waals surface area contributed by atoms with Gasteiger partial charge in [0.1, 0.15) is 5.75 Å². The van der Waals surface area contributed by atoms with Crippen molar-refractivity contribution in [3.8, 4) is 0 Å². The zero-order valence-corrected chi connectivity index (χ0v) is 9.79. The van der Waals surface area contributed by atoms with Crippen LogP contribution >= 0.6 is 0 Å². The van der Waals surface area contributed by atoms with Gasteiger partial charge in [-0.1, -0.05) is 6.42 Å². The fourth-order valence-electron chi connectivity index (χ4n) is 1.91. The molecule has 1 fully saturated rings. The van der Waals surface area contributed by atoms with Crippen LogP contribution < -0.4 is 5.32 Å². The van der Waals surface area contributed by atoms with Crippen LogP contribution in [0.5, 0.6) is 0 Å². The summed E-state index contributed by atoms with van der Waals surface area (Å²) in [6, 6.07) is -0.438. The van der Waals surface area contributed by atoms with E-state index in [2.05, 4.69) is 5.32 Å². The molecule has 0 heterocycles. The molecule has 0 aromatic carbocycles. The molecular weight excluding hydrogens is 234 g/mol. The smallest absolute Gasteiger partial charge is 0.308 e. The van der Waals surface area contributed by atoms with E-state index in [1.165, 1.54) is 0 Å². The monoisotopic (exact) mass is 249 g/mol. The second kappa shape index (κ2) is 4.82. The molecule has 0 radical (unpaired) electrons. The Bertz CT molecular complexity index is 389. The van der Waals surface area contributed by atoms with Crippen molar-refractivity contribution >= 4 is 21.7 Å². The minimum absolute atomic E-state index is 0.438. The number of carboxylic acids is 1. The van der Waals surface area contributed by atoms with Crippen molar-refractivity contribution in [1.82, 2.24) is 5.32 Å². The van der Waals surface area contributed by atoms with Crippen molar-refractivity contribution in [2.75, 3.05) is 12.0 Å². The summed E-state index contributed by atoms with van der Waals surface area (Å²) in [5.41, 5.74) is 0. The molecule has 1 rings (SSSR count). The molecule has 6 nitrogen and oxygen atoms in total. The van der Waals surface area contributed by atoms with E-state index in [-0.39, 0.29) is 0 Å². The molecule has 0 bridgehead atoms. The maximum atomic E-state index is 11.3. The molecule has 0 spiro atoms. The molecule has 1 saturated carbocycles. The Kier molecular flexibility index (Phi) is 3.90. The average molecular weight is 249 g/mol. The normalized spacial score (nSPS) is 25.3. The molecule has 2 N–H and O–H groups in total. The number of carbonyl (C=O) groups is 2. The predicted molar refractivity (Wildman–Crippen MR) is 56.6 cm³/mol. The molecule has 0 saturated heterocycles. The summed E-state index contributed by atoms with van der Waals surface area (Å²) in [4.78, 5) is 22.1. The summed E-state index contributed by atoms with van der Waals surface area (Å²) < 4.78 is 21.7. The Morgan fingerprint density at radius 1 is 1.38 bits per heavy atom. The standard InChI is InChI=1S/C9H15NO5S/c1-16(14,15)5-8(11)10-7-4-2-3-6(7)9(12)13/h6-7H,2-5H2,1H3,(H,10,11)(H,12,13). The lowest BCUT2D eigenvalue weighted by Crippen LogP contribution is -2.42. The van der Waals surface area contributed by atoms with Crippen molar-refractivity contribution in [1.29, 1.82) is 0 Å². The van der Waals surface area contributed by atoms with E-state index in [1.807, 2.05) is 0 Å². The largest absolute Gasteiger partial charge is 0.481 e. The fourth-order valence-corrected chi connectivity index (χ4v) is 2.47. The van der Waals surface area contributed by atoms with Gasteiger partial charge in [0.2, 0.25) is 5.91 Å². The lowest BCUT2D eigenvalue weighted by Gasteiger charge is -2.17. The van der Waals surface area contributed by atoms with Crippen molar-refractivity contribution in [3.63, 3.8) is 0 Å². The first-order valence-corrected chi connectivity index (χ1v) is 7.05. The topological polar surface area (TPSA) is 101 Å². The van der Waals surface area contributed by atoms with Crippen LogP contribution in [0.3, 0.4) is 0 Å². The average Bonchev–Trinajstić information content (AvgIpc) is 2.47. The van der Waals surface area contributed by atoms with Gasteiger partial charge in [-0.15, -0.1) is 0 Å². The Balaban J connectivity index is 2.54. The zero-order chi connectivity index (χ0) is 12.3. The molecule has 2 unspecified atom stereocenters. The molecule has 92 valence electrons. The Morgan fingerprint density at radius 3 is 2.50 bits per heavy atom. The summed E-state index contributed by atoms with van der Waals surface area (Å²) in [6.07, 6.45) is 2.82. The minimum atomic E-state index is -3.36. The lowest BCUT2D eigenvalue weighted by molar-refractivity contribution is -0.142. The lowest BCUT2D eigenvalue weighted by atomic mass is 10.0. The maximum Gasteiger partial charge on any atom is 0.308 e. The van der Waals surface area contributed by atoms with Crippen LogP contribution in [0.15, 0.2) is 0 Å². The number of hydrogen-bond acceptors (Lipinski definition) is 4. The van der Waals surface area contributed by atoms with Crippen molar-refractivity contribution in [2.24, 2.45) is 5.92 Å². The second-order valence-electron chi connectivity index (χ2n) is 4.12. The summed E-state index contributed by atoms with van der Waals surface area (Å²) in [5, 5.41) is 11.3. The van der Waals surface area contributed by atoms with E-state index in [9.17, 15) is 18.0 Å². The highest BCUT2D eigenvalue weighted by Gasteiger charge is 2.34. The number of aliphatic carboxylic acids is 1. The van der Waals surface area contributed by atoms with Gasteiger partial charge in [-0.2, -0.15) is 0 Å². The van der Waals surface area contributed by atoms with Crippen LogP contribution in [0.4, 0.5) is 0 Å². The van der Waals surface area contributed by atoms with Crippen molar-refractivity contribution in [2.45, 2.75) is 25.3 Å². The molecule has 0 aromatic heterocycles. The molecule has 1 aliphatic rings. The number of amides is 1. The Labute approximate surface area is 93.9 Å². The molecule has 1 aliphatic carbocycles. The van der Waals surface area contributed by atoms with Gasteiger partial charge >= 0.3 is 5.97 Å². The highest BCUT2D eigenvalue weighted by atomic mass is 32.2. The van der Waals surface area contributed by atoms with E-state index in [0.717, 1.165) is 12.7 Å². The Hall–Kier alpha value is -1.11. The number of hydrogen-bond donors (Lipinski definition) is 2. The van der Waals surface area contributed by atoms with E-state index in [1.54, 1.807) is 0 Å². The molecule has 0 aliphatic heterocycles. The molecule has 7 heteroatoms. The Morgan fingerprint density at radius 2 is 2.00 bits per heavy atom. The number of rotatable bonds is 4. The number of carbonyl (C=O) groups excluding carboxylic acids is 1. The maximum absolute atomic E-state index is 11.3. The van der Waals surface area contributed by atoms with Crippen LogP contribution in [0.25, 0.3) is 0 Å². The van der Waals surface area contributed by atoms with Gasteiger partial charge in [0, 0.05) is 12.3 Å². The first-order chi connectivity index (χ1) is 7.29. The minimum Gasteiger partial charge on any atom is -0.481 e. The molecule has 0 aromatic rings. The molecule has 1 amide bonds. The van der Waals surface area contributed by atoms with E-state index >= 15 is 0 Å². The number of carboxylic acid groups (broad SMARTS) is 1. The van der Waals surface area contributed by atoms with Crippen molar-refractivity contribution in [3.05, 3.63) is 0 Å². The quantitative estimate of drug-likeness (QED) is 0.693. The van der Waals surface area contributed by atoms with Gasteiger partial charge in [0.05, 0.1) is 5.92 Å².